The van der Waals surface area contributed by atoms with E-state index in [9.17, 15) is 35.4 Å². The first-order valence-corrected chi connectivity index (χ1v) is 7.07. The summed E-state index contributed by atoms with van der Waals surface area (Å²) in [5.74, 6) is -1.63. The molecule has 2 heterocycles. The average molecular weight is 356 g/mol. The zero-order valence-corrected chi connectivity index (χ0v) is 12.2. The molecule has 0 unspecified atom stereocenters. The predicted molar refractivity (Wildman–Crippen MR) is 69.2 cm³/mol. The maximum Gasteiger partial charge on any atom is 0.335 e. The number of carboxylic acid groups (broad SMARTS) is 1. The Morgan fingerprint density at radius 2 is 1.50 bits per heavy atom. The average Bonchev–Trinajstić information content (AvgIpc) is 2.54. The van der Waals surface area contributed by atoms with Crippen LogP contribution in [-0.4, -0.2) is 115 Å². The first-order chi connectivity index (χ1) is 11.2. The number of ether oxygens (including phenoxy) is 3. The van der Waals surface area contributed by atoms with Gasteiger partial charge in [-0.2, -0.15) is 0 Å². The molecule has 0 amide bonds. The first kappa shape index (κ1) is 19.4. The van der Waals surface area contributed by atoms with Crippen molar-refractivity contribution in [2.24, 2.45) is 0 Å². The second-order valence-corrected chi connectivity index (χ2v) is 5.56. The highest BCUT2D eigenvalue weighted by Crippen LogP contribution is 2.28. The van der Waals surface area contributed by atoms with Gasteiger partial charge in [0, 0.05) is 0 Å². The number of aliphatic hydroxyl groups excluding tert-OH is 7. The molecule has 0 aliphatic carbocycles. The number of carboxylic acids is 1. The maximum absolute atomic E-state index is 11.2. The SMILES string of the molecule is O=C(O)[C@H]1O[C@@H](O)[C@H](O)[C@@H](O)[C@@H]1O[C@@H]1O[C@H](CO)[C@@H](O)[C@H](O)[C@@H]1O. The van der Waals surface area contributed by atoms with Crippen LogP contribution in [0.5, 0.6) is 0 Å². The lowest BCUT2D eigenvalue weighted by Crippen LogP contribution is -2.65. The minimum absolute atomic E-state index is 0.738. The molecule has 2 rings (SSSR count). The smallest absolute Gasteiger partial charge is 0.335 e. The third-order valence-corrected chi connectivity index (χ3v) is 3.95. The summed E-state index contributed by atoms with van der Waals surface area (Å²) >= 11 is 0. The lowest BCUT2D eigenvalue weighted by molar-refractivity contribution is -0.350. The molecule has 12 heteroatoms. The second-order valence-electron chi connectivity index (χ2n) is 5.56. The Hall–Kier alpha value is -0.930. The van der Waals surface area contributed by atoms with E-state index in [0.717, 1.165) is 0 Å². The quantitative estimate of drug-likeness (QED) is 0.238. The summed E-state index contributed by atoms with van der Waals surface area (Å²) in [6.07, 6.45) is -17.8. The summed E-state index contributed by atoms with van der Waals surface area (Å²) in [6.45, 7) is -0.738. The van der Waals surface area contributed by atoms with Crippen LogP contribution >= 0.6 is 0 Å². The van der Waals surface area contributed by atoms with Gasteiger partial charge in [-0.1, -0.05) is 0 Å². The zero-order valence-electron chi connectivity index (χ0n) is 12.2. The molecule has 24 heavy (non-hydrogen) atoms. The topological polar surface area (TPSA) is 207 Å². The van der Waals surface area contributed by atoms with E-state index >= 15 is 0 Å². The molecule has 2 fully saturated rings. The molecule has 140 valence electrons. The van der Waals surface area contributed by atoms with E-state index < -0.39 is 74.0 Å². The molecule has 2 saturated heterocycles. The Labute approximate surface area is 135 Å². The highest BCUT2D eigenvalue weighted by Gasteiger charge is 2.52. The van der Waals surface area contributed by atoms with Crippen molar-refractivity contribution in [2.45, 2.75) is 61.4 Å². The normalized spacial score (nSPS) is 49.8. The fourth-order valence-corrected chi connectivity index (χ4v) is 2.54. The van der Waals surface area contributed by atoms with E-state index in [2.05, 4.69) is 4.74 Å². The predicted octanol–water partition coefficient (Wildman–Crippen LogP) is -5.30. The molecule has 0 spiro atoms. The van der Waals surface area contributed by atoms with Crippen molar-refractivity contribution in [3.8, 4) is 0 Å². The monoisotopic (exact) mass is 356 g/mol. The van der Waals surface area contributed by atoms with Gasteiger partial charge in [-0.15, -0.1) is 0 Å². The molecule has 10 atom stereocenters. The van der Waals surface area contributed by atoms with Gasteiger partial charge in [-0.05, 0) is 0 Å². The van der Waals surface area contributed by atoms with Crippen LogP contribution in [0.4, 0.5) is 0 Å². The van der Waals surface area contributed by atoms with Gasteiger partial charge in [0.15, 0.2) is 18.7 Å². The van der Waals surface area contributed by atoms with Crippen LogP contribution in [0, 0.1) is 0 Å². The number of rotatable bonds is 4. The summed E-state index contributed by atoms with van der Waals surface area (Å²) in [5.41, 5.74) is 0. The van der Waals surface area contributed by atoms with Crippen LogP contribution in [0.3, 0.4) is 0 Å². The summed E-state index contributed by atoms with van der Waals surface area (Å²) in [4.78, 5) is 11.2. The maximum atomic E-state index is 11.2. The standard InChI is InChI=1S/C12H20O12/c13-1-2-3(14)4(15)7(18)12(22-2)24-8-5(16)6(17)11(21)23-9(8)10(19)20/h2-9,11-18,21H,1H2,(H,19,20)/t2-,3-,4+,5-,6-,7+,8+,9+,11-,12+/m1/s1. The Bertz CT molecular complexity index is 444. The third-order valence-electron chi connectivity index (χ3n) is 3.95. The summed E-state index contributed by atoms with van der Waals surface area (Å²) in [7, 11) is 0. The largest absolute Gasteiger partial charge is 0.479 e. The van der Waals surface area contributed by atoms with Crippen LogP contribution in [0.2, 0.25) is 0 Å². The molecule has 8 N–H and O–H groups in total. The van der Waals surface area contributed by atoms with Gasteiger partial charge < -0.3 is 55.1 Å². The van der Waals surface area contributed by atoms with Crippen LogP contribution in [0.25, 0.3) is 0 Å². The number of hydrogen-bond acceptors (Lipinski definition) is 11. The minimum Gasteiger partial charge on any atom is -0.479 e. The van der Waals surface area contributed by atoms with Crippen molar-refractivity contribution in [1.29, 1.82) is 0 Å². The molecule has 0 saturated carbocycles. The van der Waals surface area contributed by atoms with E-state index in [1.54, 1.807) is 0 Å². The number of aliphatic hydroxyl groups is 7. The number of carbonyl (C=O) groups is 1. The molecule has 0 aromatic heterocycles. The summed E-state index contributed by atoms with van der Waals surface area (Å²) in [5, 5.41) is 76.2. The van der Waals surface area contributed by atoms with Gasteiger partial charge in [0.25, 0.3) is 0 Å². The van der Waals surface area contributed by atoms with E-state index in [1.807, 2.05) is 0 Å². The molecule has 2 aliphatic heterocycles. The van der Waals surface area contributed by atoms with Crippen molar-refractivity contribution >= 4 is 5.97 Å². The Morgan fingerprint density at radius 3 is 2.04 bits per heavy atom. The molecular formula is C12H20O12. The van der Waals surface area contributed by atoms with Crippen molar-refractivity contribution in [3.63, 3.8) is 0 Å². The van der Waals surface area contributed by atoms with Crippen LogP contribution in [0.15, 0.2) is 0 Å². The minimum atomic E-state index is -1.98. The van der Waals surface area contributed by atoms with Gasteiger partial charge in [0.05, 0.1) is 6.61 Å². The molecular weight excluding hydrogens is 336 g/mol. The summed E-state index contributed by atoms with van der Waals surface area (Å²) in [6, 6.07) is 0. The molecule has 12 nitrogen and oxygen atoms in total. The molecule has 0 radical (unpaired) electrons. The molecule has 0 aromatic rings. The number of aliphatic carboxylic acids is 1. The van der Waals surface area contributed by atoms with Crippen molar-refractivity contribution < 1.29 is 59.9 Å². The van der Waals surface area contributed by atoms with Gasteiger partial charge in [0.1, 0.15) is 42.7 Å². The van der Waals surface area contributed by atoms with Crippen LogP contribution < -0.4 is 0 Å². The molecule has 0 bridgehead atoms. The van der Waals surface area contributed by atoms with Gasteiger partial charge in [-0.3, -0.25) is 0 Å². The van der Waals surface area contributed by atoms with Gasteiger partial charge in [0.2, 0.25) is 0 Å². The summed E-state index contributed by atoms with van der Waals surface area (Å²) < 4.78 is 14.8. The fourth-order valence-electron chi connectivity index (χ4n) is 2.54. The van der Waals surface area contributed by atoms with Gasteiger partial charge >= 0.3 is 5.97 Å². The third kappa shape index (κ3) is 3.52. The Morgan fingerprint density at radius 1 is 0.875 bits per heavy atom. The lowest BCUT2D eigenvalue weighted by Gasteiger charge is -2.44. The van der Waals surface area contributed by atoms with Crippen LogP contribution in [0.1, 0.15) is 0 Å². The molecule has 2 aliphatic rings. The second kappa shape index (κ2) is 7.53. The van der Waals surface area contributed by atoms with E-state index in [1.165, 1.54) is 0 Å². The highest BCUT2D eigenvalue weighted by molar-refractivity contribution is 5.73. The van der Waals surface area contributed by atoms with E-state index in [0.29, 0.717) is 0 Å². The Kier molecular flexibility index (Phi) is 6.09. The Balaban J connectivity index is 2.18. The van der Waals surface area contributed by atoms with Crippen LogP contribution in [-0.2, 0) is 19.0 Å². The van der Waals surface area contributed by atoms with Crippen molar-refractivity contribution in [1.82, 2.24) is 0 Å². The number of hydrogen-bond donors (Lipinski definition) is 8. The fraction of sp³-hybridized carbons (Fsp3) is 0.917. The highest BCUT2D eigenvalue weighted by atomic mass is 16.7. The first-order valence-electron chi connectivity index (χ1n) is 7.07. The van der Waals surface area contributed by atoms with Gasteiger partial charge in [-0.25, -0.2) is 4.79 Å². The van der Waals surface area contributed by atoms with E-state index in [-0.39, 0.29) is 0 Å². The molecule has 0 aromatic carbocycles. The zero-order chi connectivity index (χ0) is 18.2. The van der Waals surface area contributed by atoms with Crippen molar-refractivity contribution in [2.75, 3.05) is 6.61 Å². The van der Waals surface area contributed by atoms with Crippen molar-refractivity contribution in [3.05, 3.63) is 0 Å². The van der Waals surface area contributed by atoms with E-state index in [4.69, 9.17) is 19.7 Å². The lowest BCUT2D eigenvalue weighted by atomic mass is 9.97.